The van der Waals surface area contributed by atoms with Crippen molar-refractivity contribution in [2.24, 2.45) is 0 Å². The Bertz CT molecular complexity index is 718. The van der Waals surface area contributed by atoms with Gasteiger partial charge in [-0.3, -0.25) is 4.79 Å². The molecule has 0 aliphatic carbocycles. The number of carbonyl (C=O) groups excluding carboxylic acids is 2. The Morgan fingerprint density at radius 3 is 2.58 bits per heavy atom. The minimum Gasteiger partial charge on any atom is -0.464 e. The van der Waals surface area contributed by atoms with Crippen molar-refractivity contribution in [2.75, 3.05) is 38.9 Å². The van der Waals surface area contributed by atoms with Crippen molar-refractivity contribution in [3.05, 3.63) is 29.6 Å². The molecule has 1 aliphatic rings. The normalized spacial score (nSPS) is 19.0. The van der Waals surface area contributed by atoms with Crippen molar-refractivity contribution in [2.45, 2.75) is 12.5 Å². The summed E-state index contributed by atoms with van der Waals surface area (Å²) in [6.07, 6.45) is 0.383. The molecule has 1 fully saturated rings. The van der Waals surface area contributed by atoms with E-state index >= 15 is 0 Å². The van der Waals surface area contributed by atoms with Gasteiger partial charge < -0.3 is 14.4 Å². The fourth-order valence-corrected chi connectivity index (χ4v) is 4.31. The molecule has 1 aliphatic heterocycles. The van der Waals surface area contributed by atoms with Crippen LogP contribution in [0.1, 0.15) is 27.4 Å². The van der Waals surface area contributed by atoms with Gasteiger partial charge in [0.15, 0.2) is 9.84 Å². The third kappa shape index (κ3) is 4.30. The molecule has 9 heteroatoms. The Balaban J connectivity index is 2.26. The molecule has 1 amide bonds. The lowest BCUT2D eigenvalue weighted by Crippen LogP contribution is -2.43. The average molecular weight is 356 g/mol. The fourth-order valence-electron chi connectivity index (χ4n) is 2.58. The van der Waals surface area contributed by atoms with Gasteiger partial charge in [-0.05, 0) is 18.6 Å². The molecule has 8 nitrogen and oxygen atoms in total. The Labute approximate surface area is 140 Å². The summed E-state index contributed by atoms with van der Waals surface area (Å²) in [5, 5.41) is 0. The first-order valence-corrected chi connectivity index (χ1v) is 9.26. The van der Waals surface area contributed by atoms with Gasteiger partial charge in [0.25, 0.3) is 5.91 Å². The van der Waals surface area contributed by atoms with Crippen LogP contribution in [0.4, 0.5) is 0 Å². The zero-order valence-electron chi connectivity index (χ0n) is 13.6. The van der Waals surface area contributed by atoms with E-state index in [1.54, 1.807) is 0 Å². The van der Waals surface area contributed by atoms with Gasteiger partial charge in [0, 0.05) is 19.7 Å². The quantitative estimate of drug-likeness (QED) is 0.668. The van der Waals surface area contributed by atoms with Gasteiger partial charge in [-0.2, -0.15) is 0 Å². The maximum Gasteiger partial charge on any atom is 0.356 e. The van der Waals surface area contributed by atoms with Gasteiger partial charge in [0.05, 0.1) is 25.2 Å². The van der Waals surface area contributed by atoms with E-state index in [1.807, 2.05) is 0 Å². The maximum atomic E-state index is 12.8. The van der Waals surface area contributed by atoms with E-state index in [4.69, 9.17) is 4.74 Å². The van der Waals surface area contributed by atoms with E-state index in [1.165, 1.54) is 37.3 Å². The first kappa shape index (κ1) is 18.3. The Morgan fingerprint density at radius 1 is 1.29 bits per heavy atom. The largest absolute Gasteiger partial charge is 0.464 e. The molecule has 1 atom stereocenters. The summed E-state index contributed by atoms with van der Waals surface area (Å²) in [4.78, 5) is 29.8. The summed E-state index contributed by atoms with van der Waals surface area (Å²) in [7, 11) is -0.403. The summed E-state index contributed by atoms with van der Waals surface area (Å²) >= 11 is 0. The van der Waals surface area contributed by atoms with Crippen LogP contribution in [0.15, 0.2) is 18.2 Å². The van der Waals surface area contributed by atoms with Crippen LogP contribution in [0.5, 0.6) is 0 Å². The predicted molar refractivity (Wildman–Crippen MR) is 85.5 cm³/mol. The van der Waals surface area contributed by atoms with Crippen LogP contribution in [0.2, 0.25) is 0 Å². The molecule has 132 valence electrons. The Hall–Kier alpha value is -2.00. The highest BCUT2D eigenvalue weighted by Crippen LogP contribution is 2.19. The van der Waals surface area contributed by atoms with Crippen molar-refractivity contribution in [3.63, 3.8) is 0 Å². The minimum atomic E-state index is -3.14. The standard InChI is InChI=1S/C15H20N2O6S/c1-22-8-7-17(11-6-9-24(20,21)10-11)14(18)12-4-3-5-13(16-12)15(19)23-2/h3-5,11H,6-10H2,1-2H3. The summed E-state index contributed by atoms with van der Waals surface area (Å²) < 4.78 is 33.0. The van der Waals surface area contributed by atoms with Gasteiger partial charge in [-0.1, -0.05) is 6.07 Å². The van der Waals surface area contributed by atoms with Gasteiger partial charge in [0.2, 0.25) is 0 Å². The highest BCUT2D eigenvalue weighted by atomic mass is 32.2. The molecule has 0 radical (unpaired) electrons. The number of hydrogen-bond donors (Lipinski definition) is 0. The second kappa shape index (κ2) is 7.71. The molecule has 1 aromatic heterocycles. The lowest BCUT2D eigenvalue weighted by Gasteiger charge is -2.27. The number of esters is 1. The van der Waals surface area contributed by atoms with E-state index in [0.29, 0.717) is 6.42 Å². The zero-order valence-corrected chi connectivity index (χ0v) is 14.4. The van der Waals surface area contributed by atoms with Crippen LogP contribution in [0.3, 0.4) is 0 Å². The first-order chi connectivity index (χ1) is 11.4. The van der Waals surface area contributed by atoms with Gasteiger partial charge >= 0.3 is 5.97 Å². The molecule has 1 unspecified atom stereocenters. The molecule has 0 N–H and O–H groups in total. The van der Waals surface area contributed by atoms with Crippen LogP contribution in [0.25, 0.3) is 0 Å². The second-order valence-corrected chi connectivity index (χ2v) is 7.68. The van der Waals surface area contributed by atoms with Gasteiger partial charge in [-0.25, -0.2) is 18.2 Å². The number of hydrogen-bond acceptors (Lipinski definition) is 7. The lowest BCUT2D eigenvalue weighted by molar-refractivity contribution is 0.0591. The monoisotopic (exact) mass is 356 g/mol. The maximum absolute atomic E-state index is 12.8. The van der Waals surface area contributed by atoms with E-state index in [2.05, 4.69) is 9.72 Å². The van der Waals surface area contributed by atoms with Crippen LogP contribution in [-0.2, 0) is 19.3 Å². The molecule has 0 aromatic carbocycles. The predicted octanol–water partition coefficient (Wildman–Crippen LogP) is 0.144. The average Bonchev–Trinajstić information content (AvgIpc) is 2.94. The van der Waals surface area contributed by atoms with Crippen molar-refractivity contribution >= 4 is 21.7 Å². The Morgan fingerprint density at radius 2 is 2.00 bits per heavy atom. The number of methoxy groups -OCH3 is 2. The molecule has 0 bridgehead atoms. The molecule has 24 heavy (non-hydrogen) atoms. The van der Waals surface area contributed by atoms with Crippen molar-refractivity contribution in [1.29, 1.82) is 0 Å². The smallest absolute Gasteiger partial charge is 0.356 e. The molecule has 0 saturated carbocycles. The number of sulfone groups is 1. The molecule has 1 saturated heterocycles. The number of rotatable bonds is 6. The summed E-state index contributed by atoms with van der Waals surface area (Å²) in [5.41, 5.74) is 0.0902. The summed E-state index contributed by atoms with van der Waals surface area (Å²) in [6, 6.07) is 4.05. The molecule has 0 spiro atoms. The highest BCUT2D eigenvalue weighted by Gasteiger charge is 2.35. The number of amides is 1. The molecule has 2 heterocycles. The Kier molecular flexibility index (Phi) is 5.89. The molecular formula is C15H20N2O6S. The van der Waals surface area contributed by atoms with Crippen LogP contribution in [0, 0.1) is 0 Å². The second-order valence-electron chi connectivity index (χ2n) is 5.45. The first-order valence-electron chi connectivity index (χ1n) is 7.43. The van der Waals surface area contributed by atoms with Crippen molar-refractivity contribution in [3.8, 4) is 0 Å². The molecule has 1 aromatic rings. The summed E-state index contributed by atoms with van der Waals surface area (Å²) in [5.74, 6) is -1.08. The van der Waals surface area contributed by atoms with E-state index in [0.717, 1.165) is 0 Å². The van der Waals surface area contributed by atoms with Crippen molar-refractivity contribution < 1.29 is 27.5 Å². The third-order valence-corrected chi connectivity index (χ3v) is 5.56. The fraction of sp³-hybridized carbons (Fsp3) is 0.533. The number of nitrogens with zero attached hydrogens (tertiary/aromatic N) is 2. The van der Waals surface area contributed by atoms with Crippen LogP contribution < -0.4 is 0 Å². The van der Waals surface area contributed by atoms with Gasteiger partial charge in [-0.15, -0.1) is 0 Å². The summed E-state index contributed by atoms with van der Waals surface area (Å²) in [6.45, 7) is 0.526. The number of pyridine rings is 1. The van der Waals surface area contributed by atoms with E-state index in [-0.39, 0.29) is 36.0 Å². The number of aromatic nitrogens is 1. The van der Waals surface area contributed by atoms with Gasteiger partial charge in [0.1, 0.15) is 11.4 Å². The van der Waals surface area contributed by atoms with Crippen LogP contribution >= 0.6 is 0 Å². The van der Waals surface area contributed by atoms with E-state index in [9.17, 15) is 18.0 Å². The molecular weight excluding hydrogens is 336 g/mol. The zero-order chi connectivity index (χ0) is 17.7. The highest BCUT2D eigenvalue weighted by molar-refractivity contribution is 7.91. The van der Waals surface area contributed by atoms with Crippen LogP contribution in [-0.4, -0.2) is 75.1 Å². The van der Waals surface area contributed by atoms with E-state index < -0.39 is 27.8 Å². The molecule has 2 rings (SSSR count). The third-order valence-electron chi connectivity index (χ3n) is 3.81. The minimum absolute atomic E-state index is 0.0223. The number of carbonyl (C=O) groups is 2. The SMILES string of the molecule is COCCN(C(=O)c1cccc(C(=O)OC)n1)C1CCS(=O)(=O)C1. The topological polar surface area (TPSA) is 103 Å². The lowest BCUT2D eigenvalue weighted by atomic mass is 10.2. The number of ether oxygens (including phenoxy) is 2. The van der Waals surface area contributed by atoms with Crippen molar-refractivity contribution in [1.82, 2.24) is 9.88 Å².